The van der Waals surface area contributed by atoms with E-state index in [1.54, 1.807) is 6.20 Å². The molecule has 0 saturated carbocycles. The molecule has 1 heterocycles. The molecule has 1 aromatic carbocycles. The second-order valence-electron chi connectivity index (χ2n) is 5.04. The fraction of sp³-hybridized carbons (Fsp3) is 0.375. The van der Waals surface area contributed by atoms with Crippen molar-refractivity contribution < 1.29 is 4.74 Å². The zero-order valence-electron chi connectivity index (χ0n) is 13.3. The molecule has 2 rings (SSSR count). The van der Waals surface area contributed by atoms with Crippen LogP contribution in [0.2, 0.25) is 5.02 Å². The largest absolute Gasteiger partial charge is 0.489 e. The predicted molar refractivity (Wildman–Crippen MR) is 92.9 cm³/mol. The molecule has 7 heteroatoms. The van der Waals surface area contributed by atoms with Crippen molar-refractivity contribution in [1.29, 1.82) is 0 Å². The summed E-state index contributed by atoms with van der Waals surface area (Å²) < 4.78 is 5.83. The van der Waals surface area contributed by atoms with Crippen molar-refractivity contribution in [2.45, 2.75) is 26.5 Å². The van der Waals surface area contributed by atoms with Crippen molar-refractivity contribution in [2.75, 3.05) is 13.1 Å². The molecule has 6 nitrogen and oxygen atoms in total. The number of halogens is 1. The van der Waals surface area contributed by atoms with Gasteiger partial charge in [0.25, 0.3) is 0 Å². The van der Waals surface area contributed by atoms with E-state index in [9.17, 15) is 0 Å². The Bertz CT molecular complexity index is 597. The quantitative estimate of drug-likeness (QED) is 0.537. The number of ether oxygens (including phenoxy) is 1. The van der Waals surface area contributed by atoms with Gasteiger partial charge in [-0.1, -0.05) is 11.6 Å². The third-order valence-electron chi connectivity index (χ3n) is 3.02. The van der Waals surface area contributed by atoms with Crippen molar-refractivity contribution in [2.24, 2.45) is 4.99 Å². The molecular weight excluding hydrogens is 314 g/mol. The molecule has 0 aliphatic rings. The lowest BCUT2D eigenvalue weighted by atomic mass is 10.3. The molecule has 0 bridgehead atoms. The number of H-pyrrole nitrogens is 1. The topological polar surface area (TPSA) is 74.3 Å². The highest BCUT2D eigenvalue weighted by atomic mass is 35.5. The maximum atomic E-state index is 5.86. The zero-order chi connectivity index (χ0) is 16.5. The Balaban J connectivity index is 1.82. The summed E-state index contributed by atoms with van der Waals surface area (Å²) in [5.74, 6) is 1.54. The van der Waals surface area contributed by atoms with Gasteiger partial charge in [-0.15, -0.1) is 0 Å². The van der Waals surface area contributed by atoms with Crippen LogP contribution in [0.1, 0.15) is 19.5 Å². The Labute approximate surface area is 141 Å². The van der Waals surface area contributed by atoms with Crippen LogP contribution in [0, 0.1) is 0 Å². The first-order chi connectivity index (χ1) is 11.2. The molecule has 0 aliphatic heterocycles. The Morgan fingerprint density at radius 1 is 1.30 bits per heavy atom. The fourth-order valence-corrected chi connectivity index (χ4v) is 2.03. The van der Waals surface area contributed by atoms with E-state index >= 15 is 0 Å². The molecule has 23 heavy (non-hydrogen) atoms. The van der Waals surface area contributed by atoms with Crippen LogP contribution >= 0.6 is 11.6 Å². The first-order valence-corrected chi connectivity index (χ1v) is 7.98. The van der Waals surface area contributed by atoms with E-state index in [-0.39, 0.29) is 6.10 Å². The van der Waals surface area contributed by atoms with Gasteiger partial charge in [0.2, 0.25) is 0 Å². The lowest BCUT2D eigenvalue weighted by Gasteiger charge is -2.17. The molecule has 0 fully saturated rings. The fourth-order valence-electron chi connectivity index (χ4n) is 1.91. The summed E-state index contributed by atoms with van der Waals surface area (Å²) in [6, 6.07) is 9.24. The Morgan fingerprint density at radius 2 is 2.09 bits per heavy atom. The molecule has 2 aromatic rings. The number of aromatic nitrogens is 2. The molecule has 0 spiro atoms. The van der Waals surface area contributed by atoms with E-state index < -0.39 is 0 Å². The van der Waals surface area contributed by atoms with Gasteiger partial charge in [0.15, 0.2) is 5.96 Å². The number of hydrogen-bond donors (Lipinski definition) is 3. The molecule has 1 atom stereocenters. The summed E-state index contributed by atoms with van der Waals surface area (Å²) >= 11 is 5.86. The van der Waals surface area contributed by atoms with Crippen LogP contribution in [-0.4, -0.2) is 35.4 Å². The van der Waals surface area contributed by atoms with Gasteiger partial charge in [-0.3, -0.25) is 5.10 Å². The third-order valence-corrected chi connectivity index (χ3v) is 3.27. The molecular formula is C16H22ClN5O. The number of hydrogen-bond acceptors (Lipinski definition) is 3. The molecule has 124 valence electrons. The van der Waals surface area contributed by atoms with E-state index in [1.165, 1.54) is 0 Å². The zero-order valence-corrected chi connectivity index (χ0v) is 14.1. The summed E-state index contributed by atoms with van der Waals surface area (Å²) in [6.07, 6.45) is 1.71. The van der Waals surface area contributed by atoms with Gasteiger partial charge in [0, 0.05) is 17.8 Å². The number of aromatic amines is 1. The van der Waals surface area contributed by atoms with Gasteiger partial charge in [0.1, 0.15) is 11.9 Å². The second-order valence-corrected chi connectivity index (χ2v) is 5.48. The van der Waals surface area contributed by atoms with Crippen molar-refractivity contribution in [3.63, 3.8) is 0 Å². The van der Waals surface area contributed by atoms with Gasteiger partial charge in [-0.25, -0.2) is 4.99 Å². The predicted octanol–water partition coefficient (Wildman–Crippen LogP) is 2.59. The van der Waals surface area contributed by atoms with Crippen LogP contribution in [0.5, 0.6) is 5.75 Å². The molecule has 3 N–H and O–H groups in total. The monoisotopic (exact) mass is 335 g/mol. The molecule has 0 radical (unpaired) electrons. The van der Waals surface area contributed by atoms with Gasteiger partial charge < -0.3 is 15.4 Å². The summed E-state index contributed by atoms with van der Waals surface area (Å²) in [5, 5.41) is 14.0. The van der Waals surface area contributed by atoms with E-state index in [4.69, 9.17) is 16.3 Å². The highest BCUT2D eigenvalue weighted by molar-refractivity contribution is 6.30. The van der Waals surface area contributed by atoms with Gasteiger partial charge >= 0.3 is 0 Å². The Hall–Kier alpha value is -2.21. The van der Waals surface area contributed by atoms with E-state index in [0.29, 0.717) is 18.1 Å². The van der Waals surface area contributed by atoms with Crippen molar-refractivity contribution in [1.82, 2.24) is 20.8 Å². The van der Waals surface area contributed by atoms with Gasteiger partial charge in [-0.05, 0) is 44.2 Å². The van der Waals surface area contributed by atoms with E-state index in [0.717, 1.165) is 23.9 Å². The SMILES string of the molecule is CCNC(=NCc1ccn[nH]1)NCC(C)Oc1ccc(Cl)cc1. The normalized spacial score (nSPS) is 12.7. The summed E-state index contributed by atoms with van der Waals surface area (Å²) in [4.78, 5) is 4.50. The Morgan fingerprint density at radius 3 is 2.74 bits per heavy atom. The molecule has 0 aliphatic carbocycles. The van der Waals surface area contributed by atoms with Crippen LogP contribution in [0.25, 0.3) is 0 Å². The second kappa shape index (κ2) is 9.05. The molecule has 0 saturated heterocycles. The van der Waals surface area contributed by atoms with Crippen molar-refractivity contribution in [3.8, 4) is 5.75 Å². The number of nitrogens with zero attached hydrogens (tertiary/aromatic N) is 2. The number of benzene rings is 1. The highest BCUT2D eigenvalue weighted by Gasteiger charge is 2.06. The summed E-state index contributed by atoms with van der Waals surface area (Å²) in [5.41, 5.74) is 0.965. The number of nitrogens with one attached hydrogen (secondary N) is 3. The Kier molecular flexibility index (Phi) is 6.75. The van der Waals surface area contributed by atoms with Crippen LogP contribution in [0.15, 0.2) is 41.5 Å². The number of aliphatic imine (C=N–C) groups is 1. The van der Waals surface area contributed by atoms with E-state index in [2.05, 4.69) is 25.8 Å². The van der Waals surface area contributed by atoms with Crippen LogP contribution in [-0.2, 0) is 6.54 Å². The first kappa shape index (κ1) is 17.1. The first-order valence-electron chi connectivity index (χ1n) is 7.60. The summed E-state index contributed by atoms with van der Waals surface area (Å²) in [6.45, 7) is 6.00. The summed E-state index contributed by atoms with van der Waals surface area (Å²) in [7, 11) is 0. The van der Waals surface area contributed by atoms with Crippen LogP contribution in [0.4, 0.5) is 0 Å². The lowest BCUT2D eigenvalue weighted by Crippen LogP contribution is -2.41. The smallest absolute Gasteiger partial charge is 0.191 e. The number of guanidine groups is 1. The third kappa shape index (κ3) is 6.20. The molecule has 1 aromatic heterocycles. The highest BCUT2D eigenvalue weighted by Crippen LogP contribution is 2.16. The van der Waals surface area contributed by atoms with Gasteiger partial charge in [0.05, 0.1) is 18.8 Å². The minimum atomic E-state index is -0.00724. The van der Waals surface area contributed by atoms with E-state index in [1.807, 2.05) is 44.2 Å². The molecule has 1 unspecified atom stereocenters. The molecule has 0 amide bonds. The minimum absolute atomic E-state index is 0.00724. The van der Waals surface area contributed by atoms with Crippen molar-refractivity contribution in [3.05, 3.63) is 47.2 Å². The van der Waals surface area contributed by atoms with Gasteiger partial charge in [-0.2, -0.15) is 5.10 Å². The number of rotatable bonds is 7. The maximum absolute atomic E-state index is 5.86. The van der Waals surface area contributed by atoms with Crippen LogP contribution in [0.3, 0.4) is 0 Å². The van der Waals surface area contributed by atoms with Crippen LogP contribution < -0.4 is 15.4 Å². The van der Waals surface area contributed by atoms with Crippen molar-refractivity contribution >= 4 is 17.6 Å². The average molecular weight is 336 g/mol. The average Bonchev–Trinajstić information content (AvgIpc) is 3.06. The lowest BCUT2D eigenvalue weighted by molar-refractivity contribution is 0.224. The standard InChI is InChI=1S/C16H22ClN5O/c1-3-18-16(20-11-14-8-9-21-22-14)19-10-12(2)23-15-6-4-13(17)5-7-15/h4-9,12H,3,10-11H2,1-2H3,(H,21,22)(H2,18,19,20). The maximum Gasteiger partial charge on any atom is 0.191 e. The minimum Gasteiger partial charge on any atom is -0.489 e.